The minimum absolute atomic E-state index is 0.242. The molecule has 0 atom stereocenters. The van der Waals surface area contributed by atoms with Gasteiger partial charge in [-0.05, 0) is 54.1 Å². The Balaban J connectivity index is 1.76. The van der Waals surface area contributed by atoms with E-state index in [0.717, 1.165) is 23.3 Å². The van der Waals surface area contributed by atoms with Crippen LogP contribution in [0.25, 0.3) is 6.08 Å². The smallest absolute Gasteiger partial charge is 0.341 e. The molecule has 0 aromatic carbocycles. The van der Waals surface area contributed by atoms with Gasteiger partial charge in [0.2, 0.25) is 5.91 Å². The standard InChI is InChI=1S/C17H17NO3S2/c1-2-21-17(20)15-13(11-5-6-11)10-23-16(15)18-14(19)8-7-12-4-3-9-22-12/h3-4,7-11H,2,5-6H2,1H3,(H,18,19). The second-order valence-corrected chi connectivity index (χ2v) is 7.09. The van der Waals surface area contributed by atoms with Crippen molar-refractivity contribution in [3.63, 3.8) is 0 Å². The molecule has 3 rings (SSSR count). The first-order valence-electron chi connectivity index (χ1n) is 7.50. The summed E-state index contributed by atoms with van der Waals surface area (Å²) in [5.74, 6) is -0.167. The molecule has 2 aromatic heterocycles. The molecule has 1 aliphatic carbocycles. The van der Waals surface area contributed by atoms with Gasteiger partial charge in [0, 0.05) is 11.0 Å². The Morgan fingerprint density at radius 3 is 2.87 bits per heavy atom. The average molecular weight is 347 g/mol. The summed E-state index contributed by atoms with van der Waals surface area (Å²) in [6.07, 6.45) is 5.43. The van der Waals surface area contributed by atoms with Crippen molar-refractivity contribution in [3.05, 3.63) is 45.0 Å². The average Bonchev–Trinajstić information content (AvgIpc) is 3.08. The first kappa shape index (κ1) is 16.0. The van der Waals surface area contributed by atoms with Crippen LogP contribution < -0.4 is 5.32 Å². The molecule has 2 aromatic rings. The monoisotopic (exact) mass is 347 g/mol. The zero-order valence-electron chi connectivity index (χ0n) is 12.7. The van der Waals surface area contributed by atoms with E-state index in [2.05, 4.69) is 5.32 Å². The highest BCUT2D eigenvalue weighted by molar-refractivity contribution is 7.15. The maximum Gasteiger partial charge on any atom is 0.341 e. The minimum Gasteiger partial charge on any atom is -0.462 e. The van der Waals surface area contributed by atoms with Crippen molar-refractivity contribution in [1.82, 2.24) is 0 Å². The number of thiophene rings is 2. The summed E-state index contributed by atoms with van der Waals surface area (Å²) in [5, 5.41) is 7.30. The van der Waals surface area contributed by atoms with Crippen molar-refractivity contribution in [2.45, 2.75) is 25.7 Å². The molecule has 1 amide bonds. The summed E-state index contributed by atoms with van der Waals surface area (Å²) in [6, 6.07) is 3.87. The predicted octanol–water partition coefficient (Wildman–Crippen LogP) is 4.52. The lowest BCUT2D eigenvalue weighted by Gasteiger charge is -2.07. The van der Waals surface area contributed by atoms with E-state index in [1.165, 1.54) is 17.4 Å². The number of esters is 1. The molecule has 1 fully saturated rings. The molecule has 0 bridgehead atoms. The number of carbonyl (C=O) groups excluding carboxylic acids is 2. The zero-order valence-corrected chi connectivity index (χ0v) is 14.3. The zero-order chi connectivity index (χ0) is 16.2. The van der Waals surface area contributed by atoms with E-state index in [1.807, 2.05) is 22.9 Å². The second kappa shape index (κ2) is 7.10. The van der Waals surface area contributed by atoms with E-state index >= 15 is 0 Å². The Morgan fingerprint density at radius 1 is 1.39 bits per heavy atom. The summed E-state index contributed by atoms with van der Waals surface area (Å²) >= 11 is 2.95. The van der Waals surface area contributed by atoms with Gasteiger partial charge in [-0.1, -0.05) is 6.07 Å². The quantitative estimate of drug-likeness (QED) is 0.617. The van der Waals surface area contributed by atoms with Gasteiger partial charge in [-0.25, -0.2) is 4.79 Å². The van der Waals surface area contributed by atoms with Crippen LogP contribution in [0.5, 0.6) is 0 Å². The van der Waals surface area contributed by atoms with Crippen LogP contribution in [-0.4, -0.2) is 18.5 Å². The molecular weight excluding hydrogens is 330 g/mol. The summed E-state index contributed by atoms with van der Waals surface area (Å²) in [5.41, 5.74) is 1.53. The fourth-order valence-electron chi connectivity index (χ4n) is 2.27. The van der Waals surface area contributed by atoms with E-state index in [1.54, 1.807) is 24.3 Å². The largest absolute Gasteiger partial charge is 0.462 e. The molecule has 1 saturated carbocycles. The topological polar surface area (TPSA) is 55.4 Å². The Bertz CT molecular complexity index is 727. The third-order valence-corrected chi connectivity index (χ3v) is 5.25. The molecule has 0 radical (unpaired) electrons. The molecule has 2 heterocycles. The van der Waals surface area contributed by atoms with E-state index in [-0.39, 0.29) is 11.9 Å². The predicted molar refractivity (Wildman–Crippen MR) is 94.2 cm³/mol. The normalized spacial score (nSPS) is 14.1. The third kappa shape index (κ3) is 3.89. The summed E-state index contributed by atoms with van der Waals surface area (Å²) in [6.45, 7) is 2.10. The van der Waals surface area contributed by atoms with Gasteiger partial charge in [-0.15, -0.1) is 22.7 Å². The highest BCUT2D eigenvalue weighted by Gasteiger charge is 2.32. The number of ether oxygens (including phenoxy) is 1. The van der Waals surface area contributed by atoms with Crippen LogP contribution in [0.3, 0.4) is 0 Å². The SMILES string of the molecule is CCOC(=O)c1c(C2CC2)csc1NC(=O)C=Cc1cccs1. The lowest BCUT2D eigenvalue weighted by atomic mass is 10.1. The maximum absolute atomic E-state index is 12.2. The maximum atomic E-state index is 12.2. The summed E-state index contributed by atoms with van der Waals surface area (Å²) in [7, 11) is 0. The number of rotatable bonds is 6. The molecule has 23 heavy (non-hydrogen) atoms. The Kier molecular flexibility index (Phi) is 4.93. The highest BCUT2D eigenvalue weighted by Crippen LogP contribution is 2.46. The molecule has 4 nitrogen and oxygen atoms in total. The number of amides is 1. The first-order chi connectivity index (χ1) is 11.2. The van der Waals surface area contributed by atoms with E-state index < -0.39 is 0 Å². The Labute approximate surface area is 142 Å². The molecule has 0 aliphatic heterocycles. The van der Waals surface area contributed by atoms with Gasteiger partial charge in [0.05, 0.1) is 12.2 Å². The number of hydrogen-bond donors (Lipinski definition) is 1. The van der Waals surface area contributed by atoms with E-state index in [9.17, 15) is 9.59 Å². The number of nitrogens with one attached hydrogen (secondary N) is 1. The highest BCUT2D eigenvalue weighted by atomic mass is 32.1. The number of anilines is 1. The van der Waals surface area contributed by atoms with Crippen LogP contribution in [0.1, 0.15) is 46.5 Å². The van der Waals surface area contributed by atoms with Crippen LogP contribution in [-0.2, 0) is 9.53 Å². The molecule has 0 unspecified atom stereocenters. The van der Waals surface area contributed by atoms with Gasteiger partial charge in [-0.2, -0.15) is 0 Å². The summed E-state index contributed by atoms with van der Waals surface area (Å²) < 4.78 is 5.15. The van der Waals surface area contributed by atoms with Gasteiger partial charge in [0.25, 0.3) is 0 Å². The molecule has 0 spiro atoms. The number of carbonyl (C=O) groups is 2. The lowest BCUT2D eigenvalue weighted by molar-refractivity contribution is -0.111. The van der Waals surface area contributed by atoms with Crippen LogP contribution >= 0.6 is 22.7 Å². The van der Waals surface area contributed by atoms with Crippen molar-refractivity contribution < 1.29 is 14.3 Å². The van der Waals surface area contributed by atoms with Gasteiger partial charge in [0.15, 0.2) is 0 Å². The first-order valence-corrected chi connectivity index (χ1v) is 9.26. The summed E-state index contributed by atoms with van der Waals surface area (Å²) in [4.78, 5) is 25.3. The van der Waals surface area contributed by atoms with Crippen LogP contribution in [0, 0.1) is 0 Å². The van der Waals surface area contributed by atoms with Gasteiger partial charge < -0.3 is 10.1 Å². The molecule has 0 saturated heterocycles. The van der Waals surface area contributed by atoms with Crippen molar-refractivity contribution in [3.8, 4) is 0 Å². The fraction of sp³-hybridized carbons (Fsp3) is 0.294. The lowest BCUT2D eigenvalue weighted by Crippen LogP contribution is -2.13. The van der Waals surface area contributed by atoms with Crippen LogP contribution in [0.15, 0.2) is 29.0 Å². The van der Waals surface area contributed by atoms with Crippen molar-refractivity contribution in [2.75, 3.05) is 11.9 Å². The molecule has 6 heteroatoms. The molecule has 120 valence electrons. The van der Waals surface area contributed by atoms with Crippen molar-refractivity contribution >= 4 is 45.6 Å². The third-order valence-electron chi connectivity index (χ3n) is 3.50. The van der Waals surface area contributed by atoms with Gasteiger partial charge in [-0.3, -0.25) is 4.79 Å². The Morgan fingerprint density at radius 2 is 2.22 bits per heavy atom. The van der Waals surface area contributed by atoms with Gasteiger partial charge in [0.1, 0.15) is 5.00 Å². The van der Waals surface area contributed by atoms with Crippen LogP contribution in [0.2, 0.25) is 0 Å². The molecule has 1 N–H and O–H groups in total. The molecular formula is C17H17NO3S2. The number of hydrogen-bond acceptors (Lipinski definition) is 5. The minimum atomic E-state index is -0.354. The van der Waals surface area contributed by atoms with Crippen molar-refractivity contribution in [1.29, 1.82) is 0 Å². The van der Waals surface area contributed by atoms with Gasteiger partial charge >= 0.3 is 5.97 Å². The Hall–Kier alpha value is -1.92. The van der Waals surface area contributed by atoms with E-state index in [0.29, 0.717) is 23.1 Å². The fourth-order valence-corrected chi connectivity index (χ4v) is 3.92. The van der Waals surface area contributed by atoms with Crippen molar-refractivity contribution in [2.24, 2.45) is 0 Å². The second-order valence-electron chi connectivity index (χ2n) is 5.23. The molecule has 1 aliphatic rings. The van der Waals surface area contributed by atoms with Crippen LogP contribution in [0.4, 0.5) is 5.00 Å². The van der Waals surface area contributed by atoms with E-state index in [4.69, 9.17) is 4.74 Å².